The Hall–Kier alpha value is -0.830. The molecular formula is C17H30N2O. The van der Waals surface area contributed by atoms with Gasteiger partial charge >= 0.3 is 0 Å². The molecule has 0 aliphatic heterocycles. The van der Waals surface area contributed by atoms with Gasteiger partial charge in [0.1, 0.15) is 5.76 Å². The second-order valence-electron chi connectivity index (χ2n) is 7.68. The Morgan fingerprint density at radius 2 is 2.05 bits per heavy atom. The molecule has 3 heteroatoms. The fourth-order valence-corrected chi connectivity index (χ4v) is 4.03. The molecule has 0 aromatic carbocycles. The third kappa shape index (κ3) is 3.85. The monoisotopic (exact) mass is 278 g/mol. The van der Waals surface area contributed by atoms with Crippen molar-refractivity contribution < 1.29 is 4.52 Å². The van der Waals surface area contributed by atoms with Crippen molar-refractivity contribution in [3.05, 3.63) is 17.0 Å². The van der Waals surface area contributed by atoms with E-state index in [1.165, 1.54) is 24.8 Å². The third-order valence-electron chi connectivity index (χ3n) is 4.60. The van der Waals surface area contributed by atoms with Crippen LogP contribution in [0.2, 0.25) is 0 Å². The molecule has 1 aliphatic carbocycles. The fraction of sp³-hybridized carbons (Fsp3) is 0.824. The topological polar surface area (TPSA) is 38.1 Å². The summed E-state index contributed by atoms with van der Waals surface area (Å²) in [7, 11) is 0. The van der Waals surface area contributed by atoms with Gasteiger partial charge < -0.3 is 9.84 Å². The molecule has 0 spiro atoms. The zero-order valence-electron chi connectivity index (χ0n) is 13.9. The average molecular weight is 278 g/mol. The number of nitrogens with zero attached hydrogens (tertiary/aromatic N) is 1. The molecule has 3 unspecified atom stereocenters. The summed E-state index contributed by atoms with van der Waals surface area (Å²) >= 11 is 0. The number of rotatable bonds is 4. The van der Waals surface area contributed by atoms with Crippen LogP contribution in [0.15, 0.2) is 4.52 Å². The van der Waals surface area contributed by atoms with Gasteiger partial charge in [-0.3, -0.25) is 0 Å². The van der Waals surface area contributed by atoms with Crippen LogP contribution >= 0.6 is 0 Å². The first-order chi connectivity index (χ1) is 9.27. The van der Waals surface area contributed by atoms with Gasteiger partial charge in [-0.2, -0.15) is 0 Å². The molecule has 0 saturated heterocycles. The first-order valence-corrected chi connectivity index (χ1v) is 7.94. The Bertz CT molecular complexity index is 430. The summed E-state index contributed by atoms with van der Waals surface area (Å²) in [6, 6.07) is 1.11. The second-order valence-corrected chi connectivity index (χ2v) is 7.68. The van der Waals surface area contributed by atoms with Crippen LogP contribution in [0.1, 0.15) is 64.0 Å². The van der Waals surface area contributed by atoms with E-state index in [0.29, 0.717) is 17.5 Å². The average Bonchev–Trinajstić information content (AvgIpc) is 2.57. The van der Waals surface area contributed by atoms with Gasteiger partial charge in [-0.05, 0) is 57.8 Å². The van der Waals surface area contributed by atoms with E-state index < -0.39 is 0 Å². The van der Waals surface area contributed by atoms with Crippen LogP contribution in [0, 0.1) is 25.2 Å². The van der Waals surface area contributed by atoms with Crippen molar-refractivity contribution in [2.24, 2.45) is 11.3 Å². The van der Waals surface area contributed by atoms with Crippen molar-refractivity contribution in [3.8, 4) is 0 Å². The van der Waals surface area contributed by atoms with Gasteiger partial charge in [-0.1, -0.05) is 25.9 Å². The molecule has 1 aromatic rings. The number of hydrogen-bond donors (Lipinski definition) is 1. The normalized spacial score (nSPS) is 27.5. The maximum Gasteiger partial charge on any atom is 0.137 e. The Morgan fingerprint density at radius 3 is 2.60 bits per heavy atom. The van der Waals surface area contributed by atoms with Crippen LogP contribution in [0.3, 0.4) is 0 Å². The molecule has 2 rings (SSSR count). The summed E-state index contributed by atoms with van der Waals surface area (Å²) in [5, 5.41) is 7.88. The second kappa shape index (κ2) is 5.88. The highest BCUT2D eigenvalue weighted by atomic mass is 16.5. The highest BCUT2D eigenvalue weighted by molar-refractivity contribution is 5.21. The van der Waals surface area contributed by atoms with E-state index in [2.05, 4.69) is 38.2 Å². The molecule has 3 atom stereocenters. The standard InChI is InChI=1S/C17H30N2O/c1-11-7-15(10-17(5,6)9-11)18-12(2)8-16-13(3)19-20-14(16)4/h11-12,15,18H,7-10H2,1-6H3. The van der Waals surface area contributed by atoms with Crippen LogP contribution in [0.25, 0.3) is 0 Å². The van der Waals surface area contributed by atoms with E-state index in [9.17, 15) is 0 Å². The quantitative estimate of drug-likeness (QED) is 0.903. The lowest BCUT2D eigenvalue weighted by Crippen LogP contribution is -2.44. The van der Waals surface area contributed by atoms with E-state index in [0.717, 1.165) is 23.8 Å². The van der Waals surface area contributed by atoms with Gasteiger partial charge in [-0.15, -0.1) is 0 Å². The van der Waals surface area contributed by atoms with Crippen LogP contribution in [-0.4, -0.2) is 17.2 Å². The van der Waals surface area contributed by atoms with Crippen LogP contribution < -0.4 is 5.32 Å². The molecular weight excluding hydrogens is 248 g/mol. The minimum atomic E-state index is 0.470. The molecule has 20 heavy (non-hydrogen) atoms. The Balaban J connectivity index is 1.93. The molecule has 0 radical (unpaired) electrons. The molecule has 3 nitrogen and oxygen atoms in total. The highest BCUT2D eigenvalue weighted by Crippen LogP contribution is 2.38. The van der Waals surface area contributed by atoms with Crippen LogP contribution in [0.4, 0.5) is 0 Å². The predicted octanol–water partition coefficient (Wildman–Crippen LogP) is 4.03. The SMILES string of the molecule is Cc1noc(C)c1CC(C)NC1CC(C)CC(C)(C)C1. The highest BCUT2D eigenvalue weighted by Gasteiger charge is 2.32. The van der Waals surface area contributed by atoms with Crippen molar-refractivity contribution >= 4 is 0 Å². The first kappa shape index (κ1) is 15.6. The van der Waals surface area contributed by atoms with E-state index in [4.69, 9.17) is 4.52 Å². The molecule has 1 fully saturated rings. The Morgan fingerprint density at radius 1 is 1.35 bits per heavy atom. The first-order valence-electron chi connectivity index (χ1n) is 7.94. The molecule has 1 heterocycles. The minimum absolute atomic E-state index is 0.470. The summed E-state index contributed by atoms with van der Waals surface area (Å²) in [6.07, 6.45) is 4.94. The van der Waals surface area contributed by atoms with E-state index >= 15 is 0 Å². The van der Waals surface area contributed by atoms with Crippen LogP contribution in [0.5, 0.6) is 0 Å². The number of aryl methyl sites for hydroxylation is 2. The van der Waals surface area contributed by atoms with Gasteiger partial charge in [-0.25, -0.2) is 0 Å². The molecule has 0 amide bonds. The summed E-state index contributed by atoms with van der Waals surface area (Å²) in [5.74, 6) is 1.79. The lowest BCUT2D eigenvalue weighted by atomic mass is 9.70. The number of hydrogen-bond acceptors (Lipinski definition) is 3. The van der Waals surface area contributed by atoms with Gasteiger partial charge in [0.05, 0.1) is 5.69 Å². The summed E-state index contributed by atoms with van der Waals surface area (Å²) in [6.45, 7) is 13.5. The molecule has 0 bridgehead atoms. The molecule has 1 saturated carbocycles. The summed E-state index contributed by atoms with van der Waals surface area (Å²) < 4.78 is 5.26. The zero-order valence-corrected chi connectivity index (χ0v) is 13.9. The van der Waals surface area contributed by atoms with E-state index in [1.807, 2.05) is 13.8 Å². The van der Waals surface area contributed by atoms with Crippen molar-refractivity contribution in [3.63, 3.8) is 0 Å². The summed E-state index contributed by atoms with van der Waals surface area (Å²) in [4.78, 5) is 0. The van der Waals surface area contributed by atoms with Gasteiger partial charge in [0, 0.05) is 17.6 Å². The maximum atomic E-state index is 5.26. The smallest absolute Gasteiger partial charge is 0.137 e. The van der Waals surface area contributed by atoms with Crippen molar-refractivity contribution in [2.45, 2.75) is 79.3 Å². The lowest BCUT2D eigenvalue weighted by molar-refractivity contribution is 0.145. The molecule has 114 valence electrons. The number of nitrogens with one attached hydrogen (secondary N) is 1. The largest absolute Gasteiger partial charge is 0.361 e. The van der Waals surface area contributed by atoms with Crippen molar-refractivity contribution in [1.29, 1.82) is 0 Å². The zero-order chi connectivity index (χ0) is 14.9. The molecule has 1 aliphatic rings. The predicted molar refractivity (Wildman–Crippen MR) is 82.9 cm³/mol. The Kier molecular flexibility index (Phi) is 4.58. The lowest BCUT2D eigenvalue weighted by Gasteiger charge is -2.40. The fourth-order valence-electron chi connectivity index (χ4n) is 4.03. The van der Waals surface area contributed by atoms with Crippen molar-refractivity contribution in [1.82, 2.24) is 10.5 Å². The third-order valence-corrected chi connectivity index (χ3v) is 4.60. The molecule has 1 aromatic heterocycles. The number of aromatic nitrogens is 1. The van der Waals surface area contributed by atoms with E-state index in [-0.39, 0.29) is 0 Å². The van der Waals surface area contributed by atoms with Gasteiger partial charge in [0.15, 0.2) is 0 Å². The van der Waals surface area contributed by atoms with E-state index in [1.54, 1.807) is 0 Å². The molecule has 1 N–H and O–H groups in total. The van der Waals surface area contributed by atoms with Crippen molar-refractivity contribution in [2.75, 3.05) is 0 Å². The minimum Gasteiger partial charge on any atom is -0.361 e. The van der Waals surface area contributed by atoms with Gasteiger partial charge in [0.25, 0.3) is 0 Å². The van der Waals surface area contributed by atoms with Crippen LogP contribution in [-0.2, 0) is 6.42 Å². The Labute approximate surface area is 123 Å². The van der Waals surface area contributed by atoms with Gasteiger partial charge in [0.2, 0.25) is 0 Å². The summed E-state index contributed by atoms with van der Waals surface area (Å²) in [5.41, 5.74) is 2.78. The maximum absolute atomic E-state index is 5.26.